The van der Waals surface area contributed by atoms with Gasteiger partial charge in [-0.05, 0) is 58.2 Å². The van der Waals surface area contributed by atoms with Crippen molar-refractivity contribution in [1.29, 1.82) is 0 Å². The summed E-state index contributed by atoms with van der Waals surface area (Å²) in [6, 6.07) is 0.850. The van der Waals surface area contributed by atoms with Gasteiger partial charge in [0.25, 0.3) is 0 Å². The predicted octanol–water partition coefficient (Wildman–Crippen LogP) is 2.06. The fourth-order valence-electron chi connectivity index (χ4n) is 3.84. The van der Waals surface area contributed by atoms with Crippen LogP contribution in [0.3, 0.4) is 0 Å². The zero-order valence-corrected chi connectivity index (χ0v) is 14.4. The maximum Gasteiger partial charge on any atom is 0.239 e. The molecule has 0 aliphatic carbocycles. The first-order valence-corrected chi connectivity index (χ1v) is 8.11. The first-order valence-electron chi connectivity index (χ1n) is 8.11. The number of piperidine rings is 2. The number of likely N-dealkylation sites (tertiary alicyclic amines) is 2. The van der Waals surface area contributed by atoms with Crippen molar-refractivity contribution in [1.82, 2.24) is 15.1 Å². The molecule has 3 heterocycles. The molecule has 3 aliphatic heterocycles. The molecular weight excluding hydrogens is 309 g/mol. The minimum Gasteiger partial charge on any atom is -0.341 e. The normalized spacial score (nSPS) is 27.8. The number of carbonyl (C=O) groups excluding carboxylic acids is 1. The number of amides is 1. The molecule has 0 spiro atoms. The van der Waals surface area contributed by atoms with E-state index in [4.69, 9.17) is 0 Å². The van der Waals surface area contributed by atoms with Crippen molar-refractivity contribution in [2.24, 2.45) is 0 Å². The van der Waals surface area contributed by atoms with Crippen LogP contribution in [0.15, 0.2) is 0 Å². The van der Waals surface area contributed by atoms with Crippen LogP contribution < -0.4 is 5.32 Å². The van der Waals surface area contributed by atoms with Crippen LogP contribution in [0.4, 0.5) is 0 Å². The molecule has 21 heavy (non-hydrogen) atoms. The molecule has 0 aromatic carbocycles. The van der Waals surface area contributed by atoms with E-state index in [0.717, 1.165) is 32.1 Å². The summed E-state index contributed by atoms with van der Waals surface area (Å²) in [6.45, 7) is 5.52. The summed E-state index contributed by atoms with van der Waals surface area (Å²) in [5.41, 5.74) is 0. The van der Waals surface area contributed by atoms with E-state index in [1.807, 2.05) is 0 Å². The fraction of sp³-hybridized carbons (Fsp3) is 0.933. The summed E-state index contributed by atoms with van der Waals surface area (Å²) < 4.78 is 0. The molecule has 0 bridgehead atoms. The third-order valence-corrected chi connectivity index (χ3v) is 5.04. The molecule has 3 fully saturated rings. The second-order valence-corrected chi connectivity index (χ2v) is 6.30. The smallest absolute Gasteiger partial charge is 0.239 e. The molecule has 1 N–H and O–H groups in total. The maximum absolute atomic E-state index is 12.4. The number of hydrogen-bond acceptors (Lipinski definition) is 3. The van der Waals surface area contributed by atoms with E-state index in [2.05, 4.69) is 15.1 Å². The highest BCUT2D eigenvalue weighted by Crippen LogP contribution is 2.22. The minimum atomic E-state index is 0. The summed E-state index contributed by atoms with van der Waals surface area (Å²) in [5, 5.41) is 3.38. The molecule has 0 aromatic heterocycles. The molecule has 0 saturated carbocycles. The molecular formula is C15H29Cl2N3O. The summed E-state index contributed by atoms with van der Waals surface area (Å²) >= 11 is 0. The van der Waals surface area contributed by atoms with Crippen LogP contribution in [-0.2, 0) is 4.79 Å². The summed E-state index contributed by atoms with van der Waals surface area (Å²) in [6.07, 6.45) is 8.55. The van der Waals surface area contributed by atoms with Gasteiger partial charge < -0.3 is 15.1 Å². The fourth-order valence-corrected chi connectivity index (χ4v) is 3.84. The van der Waals surface area contributed by atoms with Gasteiger partial charge in [-0.15, -0.1) is 24.8 Å². The van der Waals surface area contributed by atoms with E-state index < -0.39 is 0 Å². The quantitative estimate of drug-likeness (QED) is 0.837. The van der Waals surface area contributed by atoms with Gasteiger partial charge in [-0.2, -0.15) is 0 Å². The third kappa shape index (κ3) is 4.72. The average molecular weight is 338 g/mol. The second kappa shape index (κ2) is 9.19. The molecule has 3 aliphatic rings. The molecule has 0 aromatic rings. The number of carbonyl (C=O) groups is 1. The van der Waals surface area contributed by atoms with Gasteiger partial charge in [0.15, 0.2) is 0 Å². The van der Waals surface area contributed by atoms with Crippen molar-refractivity contribution in [3.63, 3.8) is 0 Å². The molecule has 1 amide bonds. The number of nitrogens with zero attached hydrogens (tertiary/aromatic N) is 2. The Balaban J connectivity index is 0.00000110. The van der Waals surface area contributed by atoms with Gasteiger partial charge in [-0.25, -0.2) is 0 Å². The molecule has 6 heteroatoms. The Kier molecular flexibility index (Phi) is 8.32. The Labute approximate surface area is 140 Å². The Hall–Kier alpha value is -0.0300. The standard InChI is InChI=1S/C15H27N3O.2ClH/c19-15(14-5-1-2-8-16-14)18-11-6-13(7-12-18)17-9-3-4-10-17;;/h13-14,16H,1-12H2;2*1H. The van der Waals surface area contributed by atoms with Crippen molar-refractivity contribution < 1.29 is 4.79 Å². The van der Waals surface area contributed by atoms with Crippen molar-refractivity contribution in [2.75, 3.05) is 32.7 Å². The zero-order valence-electron chi connectivity index (χ0n) is 12.8. The van der Waals surface area contributed by atoms with Crippen molar-refractivity contribution >= 4 is 30.7 Å². The highest BCUT2D eigenvalue weighted by molar-refractivity contribution is 5.85. The Bertz CT molecular complexity index is 310. The molecule has 3 saturated heterocycles. The number of rotatable bonds is 2. The lowest BCUT2D eigenvalue weighted by molar-refractivity contribution is -0.135. The lowest BCUT2D eigenvalue weighted by atomic mass is 10.00. The molecule has 0 radical (unpaired) electrons. The van der Waals surface area contributed by atoms with E-state index in [9.17, 15) is 4.79 Å². The summed E-state index contributed by atoms with van der Waals surface area (Å²) in [5.74, 6) is 0.361. The van der Waals surface area contributed by atoms with Crippen molar-refractivity contribution in [3.8, 4) is 0 Å². The predicted molar refractivity (Wildman–Crippen MR) is 90.5 cm³/mol. The lowest BCUT2D eigenvalue weighted by Gasteiger charge is -2.38. The van der Waals surface area contributed by atoms with E-state index in [1.54, 1.807) is 0 Å². The second-order valence-electron chi connectivity index (χ2n) is 6.30. The zero-order chi connectivity index (χ0) is 13.1. The first-order chi connectivity index (χ1) is 9.34. The molecule has 1 atom stereocenters. The SMILES string of the molecule is Cl.Cl.O=C(C1CCCCN1)N1CCC(N2CCCC2)CC1. The van der Waals surface area contributed by atoms with Crippen LogP contribution in [0.2, 0.25) is 0 Å². The van der Waals surface area contributed by atoms with Crippen LogP contribution >= 0.6 is 24.8 Å². The highest BCUT2D eigenvalue weighted by Gasteiger charge is 2.31. The lowest BCUT2D eigenvalue weighted by Crippen LogP contribution is -2.52. The summed E-state index contributed by atoms with van der Waals surface area (Å²) in [7, 11) is 0. The van der Waals surface area contributed by atoms with E-state index in [-0.39, 0.29) is 30.9 Å². The minimum absolute atomic E-state index is 0. The average Bonchev–Trinajstić information content (AvgIpc) is 3.02. The van der Waals surface area contributed by atoms with E-state index >= 15 is 0 Å². The van der Waals surface area contributed by atoms with Gasteiger partial charge >= 0.3 is 0 Å². The monoisotopic (exact) mass is 337 g/mol. The van der Waals surface area contributed by atoms with Crippen LogP contribution in [0.5, 0.6) is 0 Å². The van der Waals surface area contributed by atoms with Gasteiger partial charge in [0, 0.05) is 19.1 Å². The Morgan fingerprint density at radius 3 is 2.10 bits per heavy atom. The van der Waals surface area contributed by atoms with Gasteiger partial charge in [-0.3, -0.25) is 4.79 Å². The van der Waals surface area contributed by atoms with Crippen LogP contribution in [-0.4, -0.2) is 60.5 Å². The van der Waals surface area contributed by atoms with E-state index in [1.165, 1.54) is 51.6 Å². The Morgan fingerprint density at radius 2 is 1.52 bits per heavy atom. The molecule has 4 nitrogen and oxygen atoms in total. The van der Waals surface area contributed by atoms with Gasteiger partial charge in [0.1, 0.15) is 0 Å². The van der Waals surface area contributed by atoms with Crippen LogP contribution in [0.1, 0.15) is 44.9 Å². The molecule has 124 valence electrons. The topological polar surface area (TPSA) is 35.6 Å². The maximum atomic E-state index is 12.4. The van der Waals surface area contributed by atoms with Crippen molar-refractivity contribution in [3.05, 3.63) is 0 Å². The van der Waals surface area contributed by atoms with Crippen LogP contribution in [0, 0.1) is 0 Å². The Morgan fingerprint density at radius 1 is 0.857 bits per heavy atom. The largest absolute Gasteiger partial charge is 0.341 e. The van der Waals surface area contributed by atoms with Crippen LogP contribution in [0.25, 0.3) is 0 Å². The number of nitrogens with one attached hydrogen (secondary N) is 1. The van der Waals surface area contributed by atoms with Gasteiger partial charge in [0.2, 0.25) is 5.91 Å². The first kappa shape index (κ1) is 19.0. The third-order valence-electron chi connectivity index (χ3n) is 5.04. The molecule has 1 unspecified atom stereocenters. The van der Waals surface area contributed by atoms with E-state index in [0.29, 0.717) is 5.91 Å². The van der Waals surface area contributed by atoms with Crippen molar-refractivity contribution in [2.45, 2.75) is 57.0 Å². The highest BCUT2D eigenvalue weighted by atomic mass is 35.5. The summed E-state index contributed by atoms with van der Waals surface area (Å²) in [4.78, 5) is 17.2. The van der Waals surface area contributed by atoms with Gasteiger partial charge in [0.05, 0.1) is 6.04 Å². The number of halogens is 2. The number of hydrogen-bond donors (Lipinski definition) is 1. The van der Waals surface area contributed by atoms with Gasteiger partial charge in [-0.1, -0.05) is 6.42 Å². The molecule has 3 rings (SSSR count).